The molecule has 4 heteroatoms. The number of benzene rings is 2. The molecule has 24 heavy (non-hydrogen) atoms. The summed E-state index contributed by atoms with van der Waals surface area (Å²) >= 11 is 0. The maximum Gasteiger partial charge on any atom is 0.131 e. The smallest absolute Gasteiger partial charge is 0.131 e. The van der Waals surface area contributed by atoms with Gasteiger partial charge in [0.25, 0.3) is 0 Å². The van der Waals surface area contributed by atoms with Crippen LogP contribution in [0.2, 0.25) is 0 Å². The largest absolute Gasteiger partial charge is 0.363 e. The predicted molar refractivity (Wildman–Crippen MR) is 98.5 cm³/mol. The zero-order valence-corrected chi connectivity index (χ0v) is 14.3. The monoisotopic (exact) mass is 342 g/mol. The fourth-order valence-corrected chi connectivity index (χ4v) is 3.25. The van der Waals surface area contributed by atoms with E-state index < -0.39 is 0 Å². The van der Waals surface area contributed by atoms with Crippen LogP contribution in [0, 0.1) is 12.7 Å². The molecule has 1 atom stereocenters. The van der Waals surface area contributed by atoms with Crippen LogP contribution in [0.1, 0.15) is 17.2 Å². The van der Waals surface area contributed by atoms with Crippen molar-refractivity contribution in [3.05, 3.63) is 83.5 Å². The Morgan fingerprint density at radius 3 is 2.62 bits per heavy atom. The van der Waals surface area contributed by atoms with Crippen molar-refractivity contribution in [2.45, 2.75) is 13.0 Å². The third-order valence-corrected chi connectivity index (χ3v) is 4.53. The Hall–Kier alpha value is -2.26. The minimum absolute atomic E-state index is 0. The Balaban J connectivity index is 0.00000169. The number of aryl methyl sites for hydroxylation is 1. The van der Waals surface area contributed by atoms with Crippen LogP contribution in [0.5, 0.6) is 0 Å². The summed E-state index contributed by atoms with van der Waals surface area (Å²) in [6.45, 7) is 3.83. The average Bonchev–Trinajstić information content (AvgIpc) is 2.99. The molecule has 1 fully saturated rings. The summed E-state index contributed by atoms with van der Waals surface area (Å²) < 4.78 is 14.1. The molecule has 0 saturated carbocycles. The van der Waals surface area contributed by atoms with E-state index in [1.807, 2.05) is 31.2 Å². The van der Waals surface area contributed by atoms with Gasteiger partial charge >= 0.3 is 0 Å². The lowest BCUT2D eigenvalue weighted by molar-refractivity contribution is 0.421. The van der Waals surface area contributed by atoms with Gasteiger partial charge < -0.3 is 10.2 Å². The second-order valence-corrected chi connectivity index (χ2v) is 6.19. The highest BCUT2D eigenvalue weighted by Gasteiger charge is 2.26. The first-order valence-electron chi connectivity index (χ1n) is 7.95. The van der Waals surface area contributed by atoms with Crippen molar-refractivity contribution < 1.29 is 4.39 Å². The van der Waals surface area contributed by atoms with Crippen LogP contribution in [0.25, 0.3) is 11.1 Å². The Kier molecular flexibility index (Phi) is 4.63. The Bertz CT molecular complexity index is 796. The van der Waals surface area contributed by atoms with E-state index in [1.54, 1.807) is 6.07 Å². The molecule has 2 aliphatic rings. The molecular formula is C20H20ClFN2. The van der Waals surface area contributed by atoms with Gasteiger partial charge in [-0.15, -0.1) is 12.4 Å². The number of nitrogens with zero attached hydrogens (tertiary/aromatic N) is 1. The molecule has 2 nitrogen and oxygen atoms in total. The van der Waals surface area contributed by atoms with Gasteiger partial charge in [-0.25, -0.2) is 4.39 Å². The van der Waals surface area contributed by atoms with Gasteiger partial charge in [-0.3, -0.25) is 0 Å². The second-order valence-electron chi connectivity index (χ2n) is 6.19. The van der Waals surface area contributed by atoms with Crippen molar-refractivity contribution in [1.29, 1.82) is 0 Å². The first-order valence-corrected chi connectivity index (χ1v) is 7.95. The zero-order chi connectivity index (χ0) is 15.8. The van der Waals surface area contributed by atoms with Crippen LogP contribution in [-0.2, 0) is 0 Å². The van der Waals surface area contributed by atoms with Gasteiger partial charge in [0.2, 0.25) is 0 Å². The maximum atomic E-state index is 14.1. The molecule has 0 radical (unpaired) electrons. The van der Waals surface area contributed by atoms with Crippen LogP contribution in [0.15, 0.2) is 66.5 Å². The van der Waals surface area contributed by atoms with Crippen LogP contribution in [0.3, 0.4) is 0 Å². The third-order valence-electron chi connectivity index (χ3n) is 4.53. The molecule has 1 unspecified atom stereocenters. The van der Waals surface area contributed by atoms with Gasteiger partial charge in [0, 0.05) is 18.7 Å². The van der Waals surface area contributed by atoms with Crippen molar-refractivity contribution in [3.63, 3.8) is 0 Å². The predicted octanol–water partition coefficient (Wildman–Crippen LogP) is 4.58. The first kappa shape index (κ1) is 16.6. The highest BCUT2D eigenvalue weighted by atomic mass is 35.5. The fraction of sp³-hybridized carbons (Fsp3) is 0.200. The maximum absolute atomic E-state index is 14.1. The van der Waals surface area contributed by atoms with E-state index in [-0.39, 0.29) is 24.3 Å². The number of hydrogen-bond acceptors (Lipinski definition) is 2. The third kappa shape index (κ3) is 3.04. The summed E-state index contributed by atoms with van der Waals surface area (Å²) in [4.78, 5) is 2.33. The number of fused-ring (bicyclic) bond motifs is 1. The molecule has 2 aromatic carbocycles. The van der Waals surface area contributed by atoms with E-state index in [4.69, 9.17) is 0 Å². The Labute approximate surface area is 148 Å². The lowest BCUT2D eigenvalue weighted by atomic mass is 10.00. The number of allylic oxidation sites excluding steroid dienone is 2. The highest BCUT2D eigenvalue weighted by molar-refractivity contribution is 5.85. The fourth-order valence-electron chi connectivity index (χ4n) is 3.25. The molecule has 0 aliphatic carbocycles. The van der Waals surface area contributed by atoms with Gasteiger partial charge in [-0.05, 0) is 35.8 Å². The van der Waals surface area contributed by atoms with Crippen molar-refractivity contribution in [2.75, 3.05) is 13.1 Å². The molecule has 4 rings (SSSR count). The molecular weight excluding hydrogens is 323 g/mol. The van der Waals surface area contributed by atoms with Gasteiger partial charge in [-0.2, -0.15) is 0 Å². The normalized spacial score (nSPS) is 18.5. The highest BCUT2D eigenvalue weighted by Crippen LogP contribution is 2.29. The van der Waals surface area contributed by atoms with E-state index in [2.05, 4.69) is 40.6 Å². The standard InChI is InChI=1S/C20H19FN2.ClH/c1-14-5-10-17(18(21)12-14)15-6-8-16(9-7-15)19-13-23-11-3-2-4-20(23)22-19;/h2-10,12,19,22H,11,13H2,1H3;1H. The summed E-state index contributed by atoms with van der Waals surface area (Å²) in [5.74, 6) is 1.02. The summed E-state index contributed by atoms with van der Waals surface area (Å²) in [7, 11) is 0. The van der Waals surface area contributed by atoms with E-state index in [1.165, 1.54) is 11.4 Å². The second kappa shape index (κ2) is 6.70. The summed E-state index contributed by atoms with van der Waals surface area (Å²) in [5, 5.41) is 3.55. The lowest BCUT2D eigenvalue weighted by Gasteiger charge is -2.18. The topological polar surface area (TPSA) is 15.3 Å². The molecule has 0 amide bonds. The number of rotatable bonds is 2. The number of halogens is 2. The SMILES string of the molecule is Cc1ccc(-c2ccc(C3CN4CC=CC=C4N3)cc2)c(F)c1.Cl. The number of nitrogens with one attached hydrogen (secondary N) is 1. The van der Waals surface area contributed by atoms with Gasteiger partial charge in [0.05, 0.1) is 6.04 Å². The summed E-state index contributed by atoms with van der Waals surface area (Å²) in [5.41, 5.74) is 3.75. The van der Waals surface area contributed by atoms with E-state index in [9.17, 15) is 4.39 Å². The van der Waals surface area contributed by atoms with Crippen LogP contribution in [-0.4, -0.2) is 18.0 Å². The van der Waals surface area contributed by atoms with E-state index in [0.717, 1.165) is 24.2 Å². The summed E-state index contributed by atoms with van der Waals surface area (Å²) in [6, 6.07) is 13.9. The van der Waals surface area contributed by atoms with Gasteiger partial charge in [-0.1, -0.05) is 48.6 Å². The first-order chi connectivity index (χ1) is 11.2. The van der Waals surface area contributed by atoms with Gasteiger partial charge in [0.15, 0.2) is 0 Å². The average molecular weight is 343 g/mol. The Morgan fingerprint density at radius 2 is 1.92 bits per heavy atom. The van der Waals surface area contributed by atoms with Crippen molar-refractivity contribution in [3.8, 4) is 11.1 Å². The van der Waals surface area contributed by atoms with Gasteiger partial charge in [0.1, 0.15) is 11.6 Å². The van der Waals surface area contributed by atoms with Crippen LogP contribution >= 0.6 is 12.4 Å². The van der Waals surface area contributed by atoms with E-state index >= 15 is 0 Å². The van der Waals surface area contributed by atoms with Crippen molar-refractivity contribution in [2.24, 2.45) is 0 Å². The van der Waals surface area contributed by atoms with Crippen LogP contribution in [0.4, 0.5) is 4.39 Å². The lowest BCUT2D eigenvalue weighted by Crippen LogP contribution is -2.21. The van der Waals surface area contributed by atoms with Crippen molar-refractivity contribution in [1.82, 2.24) is 10.2 Å². The minimum atomic E-state index is -0.162. The Morgan fingerprint density at radius 1 is 1.12 bits per heavy atom. The molecule has 0 aromatic heterocycles. The molecule has 2 aromatic rings. The molecule has 1 N–H and O–H groups in total. The quantitative estimate of drug-likeness (QED) is 0.859. The summed E-state index contributed by atoms with van der Waals surface area (Å²) in [6.07, 6.45) is 6.36. The molecule has 0 bridgehead atoms. The molecule has 2 heterocycles. The minimum Gasteiger partial charge on any atom is -0.363 e. The number of hydrogen-bond donors (Lipinski definition) is 1. The molecule has 1 saturated heterocycles. The zero-order valence-electron chi connectivity index (χ0n) is 13.5. The molecule has 2 aliphatic heterocycles. The van der Waals surface area contributed by atoms with Crippen molar-refractivity contribution >= 4 is 12.4 Å². The molecule has 0 spiro atoms. The van der Waals surface area contributed by atoms with Crippen LogP contribution < -0.4 is 5.32 Å². The van der Waals surface area contributed by atoms with E-state index in [0.29, 0.717) is 5.56 Å². The molecule has 124 valence electrons.